The summed E-state index contributed by atoms with van der Waals surface area (Å²) in [4.78, 5) is 25.3. The molecule has 0 aliphatic carbocycles. The van der Waals surface area contributed by atoms with E-state index in [-0.39, 0.29) is 11.8 Å². The van der Waals surface area contributed by atoms with Gasteiger partial charge >= 0.3 is 0 Å². The van der Waals surface area contributed by atoms with Gasteiger partial charge in [-0.05, 0) is 37.1 Å². The second-order valence-electron chi connectivity index (χ2n) is 6.00. The minimum absolute atomic E-state index is 0.0117. The Labute approximate surface area is 142 Å². The number of carbonyl (C=O) groups is 1. The number of hydrogen-bond donors (Lipinski definition) is 1. The summed E-state index contributed by atoms with van der Waals surface area (Å²) >= 11 is 0. The molecule has 1 fully saturated rings. The van der Waals surface area contributed by atoms with Crippen LogP contribution in [0.3, 0.4) is 0 Å². The number of piperidine rings is 1. The number of amides is 1. The predicted molar refractivity (Wildman–Crippen MR) is 86.2 cm³/mol. The van der Waals surface area contributed by atoms with Crippen LogP contribution in [-0.2, 0) is 0 Å². The molecule has 4 rings (SSSR count). The first-order valence-corrected chi connectivity index (χ1v) is 8.09. The largest absolute Gasteiger partial charge is 0.359 e. The fourth-order valence-corrected chi connectivity index (χ4v) is 3.03. The smallest absolute Gasteiger partial charge is 0.255 e. The van der Waals surface area contributed by atoms with Crippen LogP contribution in [0, 0.1) is 5.95 Å². The summed E-state index contributed by atoms with van der Waals surface area (Å²) < 4.78 is 18.3. The molecule has 3 aromatic heterocycles. The average molecular weight is 341 g/mol. The molecule has 4 heterocycles. The third-order valence-corrected chi connectivity index (χ3v) is 4.31. The summed E-state index contributed by atoms with van der Waals surface area (Å²) in [6.07, 6.45) is 4.77. The van der Waals surface area contributed by atoms with E-state index in [1.165, 1.54) is 18.3 Å². The maximum Gasteiger partial charge on any atom is 0.255 e. The summed E-state index contributed by atoms with van der Waals surface area (Å²) in [6, 6.07) is 6.37. The van der Waals surface area contributed by atoms with E-state index in [0.717, 1.165) is 18.5 Å². The molecule has 8 heteroatoms. The zero-order valence-electron chi connectivity index (χ0n) is 13.4. The van der Waals surface area contributed by atoms with E-state index >= 15 is 0 Å². The van der Waals surface area contributed by atoms with Gasteiger partial charge in [0.2, 0.25) is 17.7 Å². The number of likely N-dealkylation sites (tertiary alicyclic amines) is 1. The van der Waals surface area contributed by atoms with Crippen molar-refractivity contribution in [3.63, 3.8) is 0 Å². The Morgan fingerprint density at radius 3 is 3.04 bits per heavy atom. The maximum atomic E-state index is 12.9. The number of H-pyrrole nitrogens is 1. The molecule has 0 saturated carbocycles. The highest BCUT2D eigenvalue weighted by molar-refractivity contribution is 5.94. The van der Waals surface area contributed by atoms with E-state index in [4.69, 9.17) is 4.52 Å². The molecule has 1 aliphatic rings. The van der Waals surface area contributed by atoms with Crippen LogP contribution in [0.2, 0.25) is 0 Å². The molecular formula is C17H16FN5O2. The van der Waals surface area contributed by atoms with Gasteiger partial charge < -0.3 is 14.4 Å². The summed E-state index contributed by atoms with van der Waals surface area (Å²) in [5.41, 5.74) is 1.16. The zero-order chi connectivity index (χ0) is 17.2. The van der Waals surface area contributed by atoms with Crippen LogP contribution in [0.15, 0.2) is 41.2 Å². The quantitative estimate of drug-likeness (QED) is 0.740. The van der Waals surface area contributed by atoms with E-state index in [0.29, 0.717) is 30.4 Å². The number of nitrogens with zero attached hydrogens (tertiary/aromatic N) is 4. The van der Waals surface area contributed by atoms with Crippen molar-refractivity contribution in [1.82, 2.24) is 25.0 Å². The van der Waals surface area contributed by atoms with Gasteiger partial charge in [-0.15, -0.1) is 0 Å². The molecule has 0 bridgehead atoms. The number of halogens is 1. The number of hydrogen-bond acceptors (Lipinski definition) is 5. The third kappa shape index (κ3) is 3.15. The maximum absolute atomic E-state index is 12.9. The summed E-state index contributed by atoms with van der Waals surface area (Å²) in [7, 11) is 0. The lowest BCUT2D eigenvalue weighted by atomic mass is 9.97. The van der Waals surface area contributed by atoms with Crippen LogP contribution in [0.4, 0.5) is 4.39 Å². The third-order valence-electron chi connectivity index (χ3n) is 4.31. The Morgan fingerprint density at radius 1 is 1.36 bits per heavy atom. The number of aromatic amines is 1. The Morgan fingerprint density at radius 2 is 2.28 bits per heavy atom. The number of carbonyl (C=O) groups excluding carboxylic acids is 1. The van der Waals surface area contributed by atoms with Crippen LogP contribution in [0.25, 0.3) is 11.5 Å². The molecule has 128 valence electrons. The minimum Gasteiger partial charge on any atom is -0.359 e. The molecule has 0 aromatic carbocycles. The van der Waals surface area contributed by atoms with Crippen molar-refractivity contribution in [2.75, 3.05) is 13.1 Å². The Kier molecular flexibility index (Phi) is 4.01. The van der Waals surface area contributed by atoms with Crippen molar-refractivity contribution >= 4 is 5.91 Å². The van der Waals surface area contributed by atoms with E-state index in [1.807, 2.05) is 12.1 Å². The molecule has 1 unspecified atom stereocenters. The molecule has 3 aromatic rings. The second kappa shape index (κ2) is 6.46. The minimum atomic E-state index is -0.601. The Balaban J connectivity index is 1.49. The lowest BCUT2D eigenvalue weighted by Gasteiger charge is -2.31. The van der Waals surface area contributed by atoms with Crippen molar-refractivity contribution in [2.24, 2.45) is 0 Å². The normalized spacial score (nSPS) is 17.6. The predicted octanol–water partition coefficient (Wildman–Crippen LogP) is 2.62. The van der Waals surface area contributed by atoms with Crippen LogP contribution in [0.1, 0.15) is 35.0 Å². The van der Waals surface area contributed by atoms with E-state index < -0.39 is 5.95 Å². The highest BCUT2D eigenvalue weighted by Crippen LogP contribution is 2.28. The van der Waals surface area contributed by atoms with Crippen molar-refractivity contribution in [2.45, 2.75) is 18.8 Å². The number of pyridine rings is 1. The molecule has 1 aliphatic heterocycles. The van der Waals surface area contributed by atoms with Gasteiger partial charge in [0.15, 0.2) is 0 Å². The summed E-state index contributed by atoms with van der Waals surface area (Å²) in [5.74, 6) is 0.255. The van der Waals surface area contributed by atoms with Crippen molar-refractivity contribution in [3.8, 4) is 11.5 Å². The van der Waals surface area contributed by atoms with Gasteiger partial charge in [0, 0.05) is 25.5 Å². The first kappa shape index (κ1) is 15.5. The molecule has 1 atom stereocenters. The lowest BCUT2D eigenvalue weighted by molar-refractivity contribution is 0.0695. The van der Waals surface area contributed by atoms with Crippen LogP contribution >= 0.6 is 0 Å². The molecule has 1 saturated heterocycles. The Hall–Kier alpha value is -3.03. The van der Waals surface area contributed by atoms with Crippen LogP contribution < -0.4 is 0 Å². The van der Waals surface area contributed by atoms with E-state index in [1.54, 1.807) is 11.1 Å². The molecular weight excluding hydrogens is 325 g/mol. The molecule has 0 radical (unpaired) electrons. The summed E-state index contributed by atoms with van der Waals surface area (Å²) in [5, 5.41) is 4.00. The zero-order valence-corrected chi connectivity index (χ0v) is 13.4. The highest BCUT2D eigenvalue weighted by Gasteiger charge is 2.29. The second-order valence-corrected chi connectivity index (χ2v) is 6.00. The van der Waals surface area contributed by atoms with Gasteiger partial charge in [0.25, 0.3) is 5.91 Å². The highest BCUT2D eigenvalue weighted by atomic mass is 19.1. The number of aromatic nitrogens is 4. The van der Waals surface area contributed by atoms with E-state index in [2.05, 4.69) is 20.1 Å². The fraction of sp³-hybridized carbons (Fsp3) is 0.294. The van der Waals surface area contributed by atoms with Gasteiger partial charge in [-0.1, -0.05) is 5.16 Å². The van der Waals surface area contributed by atoms with Crippen molar-refractivity contribution in [1.29, 1.82) is 0 Å². The van der Waals surface area contributed by atoms with Gasteiger partial charge in [0.1, 0.15) is 0 Å². The topological polar surface area (TPSA) is 87.9 Å². The number of rotatable bonds is 3. The number of nitrogens with one attached hydrogen (secondary N) is 1. The Bertz CT molecular complexity index is 860. The monoisotopic (exact) mass is 341 g/mol. The molecule has 1 N–H and O–H groups in total. The molecule has 0 spiro atoms. The van der Waals surface area contributed by atoms with Gasteiger partial charge in [-0.25, -0.2) is 4.98 Å². The summed E-state index contributed by atoms with van der Waals surface area (Å²) in [6.45, 7) is 1.13. The van der Waals surface area contributed by atoms with Crippen molar-refractivity contribution < 1.29 is 13.7 Å². The lowest BCUT2D eigenvalue weighted by Crippen LogP contribution is -2.39. The van der Waals surface area contributed by atoms with E-state index in [9.17, 15) is 9.18 Å². The standard InChI is InChI=1S/C17H16FN5O2/c18-14-6-5-11(9-20-14)17(24)23-8-2-3-12(10-23)16-21-15(22-25-16)13-4-1-7-19-13/h1,4-7,9,12,19H,2-3,8,10H2. The van der Waals surface area contributed by atoms with Crippen LogP contribution in [0.5, 0.6) is 0 Å². The first-order valence-electron chi connectivity index (χ1n) is 8.09. The van der Waals surface area contributed by atoms with Gasteiger partial charge in [-0.2, -0.15) is 9.37 Å². The van der Waals surface area contributed by atoms with Gasteiger partial charge in [-0.3, -0.25) is 4.79 Å². The molecule has 1 amide bonds. The average Bonchev–Trinajstić information content (AvgIpc) is 3.33. The SMILES string of the molecule is O=C(c1ccc(F)nc1)N1CCCC(c2nc(-c3ccc[nH]3)no2)C1. The molecule has 25 heavy (non-hydrogen) atoms. The van der Waals surface area contributed by atoms with Crippen LogP contribution in [-0.4, -0.2) is 44.0 Å². The first-order chi connectivity index (χ1) is 12.2. The van der Waals surface area contributed by atoms with Crippen molar-refractivity contribution in [3.05, 3.63) is 54.1 Å². The molecule has 7 nitrogen and oxygen atoms in total. The van der Waals surface area contributed by atoms with Gasteiger partial charge in [0.05, 0.1) is 17.2 Å². The fourth-order valence-electron chi connectivity index (χ4n) is 3.03.